The van der Waals surface area contributed by atoms with Gasteiger partial charge < -0.3 is 15.1 Å². The molecule has 2 aliphatic heterocycles. The van der Waals surface area contributed by atoms with Crippen LogP contribution in [-0.4, -0.2) is 70.1 Å². The number of hydrogen-bond acceptors (Lipinski definition) is 7. The molecule has 3 aromatic rings. The number of anilines is 1. The number of pyridine rings is 1. The molecular formula is C25H32N6S. The number of nitrogens with zero attached hydrogens (tertiary/aromatic N) is 5. The molecule has 0 atom stereocenters. The third-order valence-electron chi connectivity index (χ3n) is 7.56. The third-order valence-corrected chi connectivity index (χ3v) is 8.74. The second kappa shape index (κ2) is 8.69. The average molecular weight is 449 g/mol. The van der Waals surface area contributed by atoms with Gasteiger partial charge in [-0.15, -0.1) is 11.3 Å². The Morgan fingerprint density at radius 1 is 1.03 bits per heavy atom. The van der Waals surface area contributed by atoms with Gasteiger partial charge in [-0.25, -0.2) is 9.97 Å². The Balaban J connectivity index is 1.24. The first-order chi connectivity index (χ1) is 15.7. The Morgan fingerprint density at radius 2 is 1.88 bits per heavy atom. The molecule has 0 unspecified atom stereocenters. The lowest BCUT2D eigenvalue weighted by molar-refractivity contribution is 0.0994. The van der Waals surface area contributed by atoms with Crippen LogP contribution >= 0.6 is 11.3 Å². The Kier molecular flexibility index (Phi) is 5.57. The molecule has 7 heteroatoms. The molecule has 3 aromatic heterocycles. The molecule has 168 valence electrons. The van der Waals surface area contributed by atoms with E-state index in [0.717, 1.165) is 34.5 Å². The molecule has 0 bridgehead atoms. The van der Waals surface area contributed by atoms with E-state index in [1.807, 2.05) is 23.6 Å². The van der Waals surface area contributed by atoms with E-state index in [2.05, 4.69) is 33.2 Å². The van der Waals surface area contributed by atoms with Gasteiger partial charge in [0, 0.05) is 48.0 Å². The molecule has 0 aromatic carbocycles. The number of nitrogens with one attached hydrogen (secondary N) is 1. The van der Waals surface area contributed by atoms with E-state index in [9.17, 15) is 0 Å². The van der Waals surface area contributed by atoms with Gasteiger partial charge in [0.1, 0.15) is 10.6 Å². The van der Waals surface area contributed by atoms with Crippen LogP contribution in [0.5, 0.6) is 0 Å². The molecule has 5 heterocycles. The van der Waals surface area contributed by atoms with Crippen LogP contribution in [0.15, 0.2) is 24.5 Å². The lowest BCUT2D eigenvalue weighted by atomic mass is 9.98. The summed E-state index contributed by atoms with van der Waals surface area (Å²) in [6, 6.07) is 5.27. The van der Waals surface area contributed by atoms with Crippen molar-refractivity contribution in [1.82, 2.24) is 24.8 Å². The first-order valence-electron chi connectivity index (χ1n) is 12.2. The summed E-state index contributed by atoms with van der Waals surface area (Å²) in [6.07, 6.45) is 12.3. The van der Waals surface area contributed by atoms with Crippen molar-refractivity contribution in [3.8, 4) is 11.4 Å². The number of piperidine rings is 2. The van der Waals surface area contributed by atoms with E-state index in [1.54, 1.807) is 6.20 Å². The zero-order chi connectivity index (χ0) is 21.5. The Morgan fingerprint density at radius 3 is 2.66 bits per heavy atom. The molecule has 32 heavy (non-hydrogen) atoms. The summed E-state index contributed by atoms with van der Waals surface area (Å²) in [5.41, 5.74) is 2.48. The molecule has 3 aliphatic rings. The van der Waals surface area contributed by atoms with Crippen LogP contribution in [0.25, 0.3) is 21.6 Å². The molecule has 0 radical (unpaired) electrons. The number of thiophene rings is 1. The Hall–Kier alpha value is -2.09. The fourth-order valence-corrected chi connectivity index (χ4v) is 6.95. The lowest BCUT2D eigenvalue weighted by Crippen LogP contribution is -2.48. The maximum Gasteiger partial charge on any atom is 0.164 e. The number of rotatable bonds is 4. The van der Waals surface area contributed by atoms with E-state index in [4.69, 9.17) is 9.97 Å². The Bertz CT molecular complexity index is 1080. The van der Waals surface area contributed by atoms with E-state index in [-0.39, 0.29) is 0 Å². The fraction of sp³-hybridized carbons (Fsp3) is 0.560. The lowest BCUT2D eigenvalue weighted by Gasteiger charge is -2.41. The van der Waals surface area contributed by atoms with Crippen LogP contribution in [0.2, 0.25) is 0 Å². The van der Waals surface area contributed by atoms with Crippen molar-refractivity contribution < 1.29 is 0 Å². The van der Waals surface area contributed by atoms with E-state index >= 15 is 0 Å². The first kappa shape index (κ1) is 20.5. The Labute approximate surface area is 194 Å². The number of aryl methyl sites for hydroxylation is 2. The summed E-state index contributed by atoms with van der Waals surface area (Å²) in [4.78, 5) is 22.2. The van der Waals surface area contributed by atoms with E-state index < -0.39 is 0 Å². The smallest absolute Gasteiger partial charge is 0.164 e. The second-order valence-corrected chi connectivity index (χ2v) is 10.7. The maximum atomic E-state index is 5.06. The number of hydrogen-bond donors (Lipinski definition) is 1. The van der Waals surface area contributed by atoms with Crippen LogP contribution in [0.4, 0.5) is 5.82 Å². The van der Waals surface area contributed by atoms with Crippen LogP contribution in [0, 0.1) is 0 Å². The van der Waals surface area contributed by atoms with Crippen molar-refractivity contribution in [2.75, 3.05) is 38.5 Å². The zero-order valence-corrected chi connectivity index (χ0v) is 19.7. The zero-order valence-electron chi connectivity index (χ0n) is 18.9. The average Bonchev–Trinajstić information content (AvgIpc) is 3.42. The van der Waals surface area contributed by atoms with Gasteiger partial charge in [0.25, 0.3) is 0 Å². The predicted molar refractivity (Wildman–Crippen MR) is 131 cm³/mol. The molecule has 1 N–H and O–H groups in total. The minimum atomic E-state index is 0.481. The number of aromatic nitrogens is 3. The number of likely N-dealkylation sites (tertiary alicyclic amines) is 2. The van der Waals surface area contributed by atoms with Gasteiger partial charge in [0.15, 0.2) is 5.82 Å². The summed E-state index contributed by atoms with van der Waals surface area (Å²) >= 11 is 1.87. The maximum absolute atomic E-state index is 5.06. The minimum absolute atomic E-state index is 0.481. The molecular weight excluding hydrogens is 416 g/mol. The molecule has 0 spiro atoms. The van der Waals surface area contributed by atoms with Gasteiger partial charge in [0.05, 0.1) is 5.39 Å². The molecule has 0 saturated carbocycles. The van der Waals surface area contributed by atoms with Gasteiger partial charge >= 0.3 is 0 Å². The highest BCUT2D eigenvalue weighted by atomic mass is 32.1. The van der Waals surface area contributed by atoms with Crippen molar-refractivity contribution in [1.29, 1.82) is 0 Å². The van der Waals surface area contributed by atoms with Crippen LogP contribution in [-0.2, 0) is 12.8 Å². The third kappa shape index (κ3) is 3.91. The largest absolute Gasteiger partial charge is 0.367 e. The molecule has 2 saturated heterocycles. The second-order valence-electron chi connectivity index (χ2n) is 9.66. The topological polar surface area (TPSA) is 57.2 Å². The minimum Gasteiger partial charge on any atom is -0.367 e. The SMILES string of the molecule is CN1CCC(N2CCC(Nc3nc(-c4cccnc4)nc4sc5c(c34)CCC5)CC2)CC1. The summed E-state index contributed by atoms with van der Waals surface area (Å²) in [5.74, 6) is 1.84. The van der Waals surface area contributed by atoms with Crippen molar-refractivity contribution in [3.05, 3.63) is 35.0 Å². The first-order valence-corrected chi connectivity index (χ1v) is 13.0. The van der Waals surface area contributed by atoms with Gasteiger partial charge in [-0.05, 0) is 82.8 Å². The van der Waals surface area contributed by atoms with E-state index in [0.29, 0.717) is 6.04 Å². The molecule has 6 rings (SSSR count). The van der Waals surface area contributed by atoms with Gasteiger partial charge in [-0.1, -0.05) is 0 Å². The van der Waals surface area contributed by atoms with Crippen LogP contribution < -0.4 is 5.32 Å². The summed E-state index contributed by atoms with van der Waals surface area (Å²) in [7, 11) is 2.25. The standard InChI is InChI=1S/C25H32N6S/c1-30-12-9-19(10-13-30)31-14-7-18(8-15-31)27-24-22-20-5-2-6-21(20)32-25(22)29-23(28-24)17-4-3-11-26-16-17/h3-4,11,16,18-19H,2,5-10,12-15H2,1H3,(H,27,28,29). The highest BCUT2D eigenvalue weighted by molar-refractivity contribution is 7.19. The molecule has 0 amide bonds. The summed E-state index contributed by atoms with van der Waals surface area (Å²) < 4.78 is 0. The number of fused-ring (bicyclic) bond motifs is 3. The fourth-order valence-electron chi connectivity index (χ4n) is 5.69. The quantitative estimate of drug-likeness (QED) is 0.645. The molecule has 2 fully saturated rings. The van der Waals surface area contributed by atoms with Crippen molar-refractivity contribution in [3.63, 3.8) is 0 Å². The monoisotopic (exact) mass is 448 g/mol. The van der Waals surface area contributed by atoms with Gasteiger partial charge in [-0.2, -0.15) is 0 Å². The van der Waals surface area contributed by atoms with Crippen molar-refractivity contribution >= 4 is 27.4 Å². The molecule has 6 nitrogen and oxygen atoms in total. The highest BCUT2D eigenvalue weighted by Crippen LogP contribution is 2.41. The van der Waals surface area contributed by atoms with Crippen LogP contribution in [0.1, 0.15) is 42.5 Å². The van der Waals surface area contributed by atoms with Crippen molar-refractivity contribution in [2.45, 2.75) is 57.0 Å². The summed E-state index contributed by atoms with van der Waals surface area (Å²) in [5, 5.41) is 5.17. The highest BCUT2D eigenvalue weighted by Gasteiger charge is 2.29. The van der Waals surface area contributed by atoms with Crippen molar-refractivity contribution in [2.24, 2.45) is 0 Å². The van der Waals surface area contributed by atoms with Crippen LogP contribution in [0.3, 0.4) is 0 Å². The van der Waals surface area contributed by atoms with Gasteiger partial charge in [-0.3, -0.25) is 4.98 Å². The predicted octanol–water partition coefficient (Wildman–Crippen LogP) is 4.21. The summed E-state index contributed by atoms with van der Waals surface area (Å²) in [6.45, 7) is 4.86. The normalized spacial score (nSPS) is 21.3. The molecule has 1 aliphatic carbocycles. The van der Waals surface area contributed by atoms with Gasteiger partial charge in [0.2, 0.25) is 0 Å². The van der Waals surface area contributed by atoms with E-state index in [1.165, 1.54) is 80.5 Å².